The van der Waals surface area contributed by atoms with Gasteiger partial charge in [-0.1, -0.05) is 24.8 Å². The van der Waals surface area contributed by atoms with E-state index in [4.69, 9.17) is 4.42 Å². The highest BCUT2D eigenvalue weighted by Crippen LogP contribution is 2.16. The second kappa shape index (κ2) is 6.15. The van der Waals surface area contributed by atoms with E-state index >= 15 is 0 Å². The Kier molecular flexibility index (Phi) is 4.30. The van der Waals surface area contributed by atoms with Crippen molar-refractivity contribution in [2.24, 2.45) is 0 Å². The molecule has 2 heterocycles. The van der Waals surface area contributed by atoms with E-state index in [9.17, 15) is 4.79 Å². The maximum absolute atomic E-state index is 11.6. The fourth-order valence-corrected chi connectivity index (χ4v) is 1.76. The Morgan fingerprint density at radius 3 is 3.00 bits per heavy atom. The van der Waals surface area contributed by atoms with Gasteiger partial charge in [0.25, 0.3) is 5.22 Å². The van der Waals surface area contributed by atoms with E-state index in [2.05, 4.69) is 20.5 Å². The Labute approximate surface area is 108 Å². The Balaban J connectivity index is 1.81. The number of pyridine rings is 1. The van der Waals surface area contributed by atoms with E-state index in [0.717, 1.165) is 0 Å². The summed E-state index contributed by atoms with van der Waals surface area (Å²) in [5, 5.41) is 10.7. The molecule has 0 radical (unpaired) electrons. The summed E-state index contributed by atoms with van der Waals surface area (Å²) >= 11 is 1.20. The van der Waals surface area contributed by atoms with Crippen LogP contribution in [-0.4, -0.2) is 26.8 Å². The van der Waals surface area contributed by atoms with E-state index < -0.39 is 0 Å². The number of rotatable bonds is 5. The number of hydrogen-bond acceptors (Lipinski definition) is 6. The summed E-state index contributed by atoms with van der Waals surface area (Å²) in [5.41, 5.74) is 0. The standard InChI is InChI=1S/C11H12N4O2S/c1-2-10-14-15-11(17-10)18-7-9(16)13-8-5-3-4-6-12-8/h3-6H,2,7H2,1H3,(H,12,13,16). The zero-order chi connectivity index (χ0) is 12.8. The van der Waals surface area contributed by atoms with Gasteiger partial charge in [-0.3, -0.25) is 4.79 Å². The molecule has 1 N–H and O–H groups in total. The maximum Gasteiger partial charge on any atom is 0.277 e. The van der Waals surface area contributed by atoms with Gasteiger partial charge in [0.2, 0.25) is 11.8 Å². The van der Waals surface area contributed by atoms with Crippen LogP contribution in [0.2, 0.25) is 0 Å². The number of carbonyl (C=O) groups is 1. The average Bonchev–Trinajstić information content (AvgIpc) is 2.85. The molecule has 0 aliphatic carbocycles. The lowest BCUT2D eigenvalue weighted by Crippen LogP contribution is -2.14. The summed E-state index contributed by atoms with van der Waals surface area (Å²) in [7, 11) is 0. The van der Waals surface area contributed by atoms with Crippen LogP contribution in [0.3, 0.4) is 0 Å². The first-order chi connectivity index (χ1) is 8.78. The fourth-order valence-electron chi connectivity index (χ4n) is 1.18. The van der Waals surface area contributed by atoms with Crippen molar-refractivity contribution in [3.8, 4) is 0 Å². The molecule has 0 atom stereocenters. The molecule has 7 heteroatoms. The van der Waals surface area contributed by atoms with Gasteiger partial charge in [-0.2, -0.15) is 0 Å². The molecule has 0 saturated carbocycles. The first-order valence-electron chi connectivity index (χ1n) is 5.44. The van der Waals surface area contributed by atoms with Crippen molar-refractivity contribution in [3.05, 3.63) is 30.3 Å². The van der Waals surface area contributed by atoms with Crippen LogP contribution in [-0.2, 0) is 11.2 Å². The van der Waals surface area contributed by atoms with Crippen molar-refractivity contribution in [1.29, 1.82) is 0 Å². The van der Waals surface area contributed by atoms with Gasteiger partial charge < -0.3 is 9.73 Å². The lowest BCUT2D eigenvalue weighted by Gasteiger charge is -2.01. The Bertz CT molecular complexity index is 515. The summed E-state index contributed by atoms with van der Waals surface area (Å²) in [6.07, 6.45) is 2.31. The van der Waals surface area contributed by atoms with Crippen LogP contribution in [0.25, 0.3) is 0 Å². The molecule has 0 spiro atoms. The summed E-state index contributed by atoms with van der Waals surface area (Å²) in [6, 6.07) is 5.32. The van der Waals surface area contributed by atoms with Crippen molar-refractivity contribution in [2.75, 3.05) is 11.1 Å². The van der Waals surface area contributed by atoms with Crippen molar-refractivity contribution >= 4 is 23.5 Å². The van der Waals surface area contributed by atoms with Crippen LogP contribution < -0.4 is 5.32 Å². The molecule has 94 valence electrons. The number of carbonyl (C=O) groups excluding carboxylic acids is 1. The molecule has 2 rings (SSSR count). The van der Waals surface area contributed by atoms with E-state index in [1.165, 1.54) is 11.8 Å². The minimum absolute atomic E-state index is 0.157. The third-order valence-electron chi connectivity index (χ3n) is 2.01. The topological polar surface area (TPSA) is 80.9 Å². The van der Waals surface area contributed by atoms with Crippen LogP contribution in [0.1, 0.15) is 12.8 Å². The second-order valence-corrected chi connectivity index (χ2v) is 4.29. The molecule has 6 nitrogen and oxygen atoms in total. The molecular weight excluding hydrogens is 252 g/mol. The molecule has 0 unspecified atom stereocenters. The van der Waals surface area contributed by atoms with E-state index in [0.29, 0.717) is 23.4 Å². The number of aromatic nitrogens is 3. The van der Waals surface area contributed by atoms with E-state index in [1.54, 1.807) is 24.4 Å². The molecule has 2 aromatic heterocycles. The number of hydrogen-bond donors (Lipinski definition) is 1. The number of amides is 1. The van der Waals surface area contributed by atoms with Gasteiger partial charge in [0.15, 0.2) is 0 Å². The van der Waals surface area contributed by atoms with Gasteiger partial charge in [-0.05, 0) is 12.1 Å². The number of nitrogens with zero attached hydrogens (tertiary/aromatic N) is 3. The molecule has 0 bridgehead atoms. The third-order valence-corrected chi connectivity index (χ3v) is 2.83. The normalized spacial score (nSPS) is 10.3. The third kappa shape index (κ3) is 3.56. The first kappa shape index (κ1) is 12.6. The van der Waals surface area contributed by atoms with Crippen molar-refractivity contribution in [2.45, 2.75) is 18.6 Å². The average molecular weight is 264 g/mol. The van der Waals surface area contributed by atoms with Crippen LogP contribution in [0.5, 0.6) is 0 Å². The smallest absolute Gasteiger partial charge is 0.277 e. The van der Waals surface area contributed by atoms with Gasteiger partial charge in [0, 0.05) is 12.6 Å². The minimum Gasteiger partial charge on any atom is -0.416 e. The molecular formula is C11H12N4O2S. The maximum atomic E-state index is 11.6. The molecule has 0 saturated heterocycles. The van der Waals surface area contributed by atoms with Crippen molar-refractivity contribution in [3.63, 3.8) is 0 Å². The molecule has 0 fully saturated rings. The van der Waals surface area contributed by atoms with Crippen LogP contribution >= 0.6 is 11.8 Å². The quantitative estimate of drug-likeness (QED) is 0.829. The van der Waals surface area contributed by atoms with Gasteiger partial charge >= 0.3 is 0 Å². The fraction of sp³-hybridized carbons (Fsp3) is 0.273. The van der Waals surface area contributed by atoms with Gasteiger partial charge in [0.05, 0.1) is 5.75 Å². The molecule has 0 aliphatic rings. The number of aryl methyl sites for hydroxylation is 1. The Morgan fingerprint density at radius 2 is 2.33 bits per heavy atom. The van der Waals surface area contributed by atoms with Gasteiger partial charge in [-0.15, -0.1) is 10.2 Å². The van der Waals surface area contributed by atoms with Crippen molar-refractivity contribution < 1.29 is 9.21 Å². The number of thioether (sulfide) groups is 1. The summed E-state index contributed by atoms with van der Waals surface area (Å²) < 4.78 is 5.28. The second-order valence-electron chi connectivity index (χ2n) is 3.37. The Hall–Kier alpha value is -1.89. The predicted molar refractivity (Wildman–Crippen MR) is 67.3 cm³/mol. The summed E-state index contributed by atoms with van der Waals surface area (Å²) in [4.78, 5) is 15.6. The van der Waals surface area contributed by atoms with Crippen molar-refractivity contribution in [1.82, 2.24) is 15.2 Å². The molecule has 1 amide bonds. The lowest BCUT2D eigenvalue weighted by molar-refractivity contribution is -0.113. The molecule has 2 aromatic rings. The molecule has 0 aromatic carbocycles. The van der Waals surface area contributed by atoms with E-state index in [-0.39, 0.29) is 11.7 Å². The number of nitrogens with one attached hydrogen (secondary N) is 1. The zero-order valence-electron chi connectivity index (χ0n) is 9.79. The highest BCUT2D eigenvalue weighted by Gasteiger charge is 2.09. The number of anilines is 1. The SMILES string of the molecule is CCc1nnc(SCC(=O)Nc2ccccn2)o1. The van der Waals surface area contributed by atoms with Crippen LogP contribution in [0.15, 0.2) is 34.0 Å². The zero-order valence-corrected chi connectivity index (χ0v) is 10.6. The van der Waals surface area contributed by atoms with Gasteiger partial charge in [-0.25, -0.2) is 4.98 Å². The first-order valence-corrected chi connectivity index (χ1v) is 6.42. The highest BCUT2D eigenvalue weighted by atomic mass is 32.2. The van der Waals surface area contributed by atoms with Crippen LogP contribution in [0, 0.1) is 0 Å². The van der Waals surface area contributed by atoms with Gasteiger partial charge in [0.1, 0.15) is 5.82 Å². The lowest BCUT2D eigenvalue weighted by atomic mass is 10.4. The van der Waals surface area contributed by atoms with E-state index in [1.807, 2.05) is 6.92 Å². The predicted octanol–water partition coefficient (Wildman–Crippen LogP) is 1.76. The molecule has 18 heavy (non-hydrogen) atoms. The molecule has 0 aliphatic heterocycles. The highest BCUT2D eigenvalue weighted by molar-refractivity contribution is 7.99. The van der Waals surface area contributed by atoms with Crippen LogP contribution in [0.4, 0.5) is 5.82 Å². The monoisotopic (exact) mass is 264 g/mol. The summed E-state index contributed by atoms with van der Waals surface area (Å²) in [6.45, 7) is 1.93. The summed E-state index contributed by atoms with van der Waals surface area (Å²) in [5.74, 6) is 1.16. The Morgan fingerprint density at radius 1 is 1.44 bits per heavy atom. The largest absolute Gasteiger partial charge is 0.416 e. The minimum atomic E-state index is -0.157.